The number of piperidine rings is 1. The molecule has 3 atom stereocenters. The van der Waals surface area contributed by atoms with Gasteiger partial charge in [0.25, 0.3) is 0 Å². The molecule has 0 spiro atoms. The van der Waals surface area contributed by atoms with Crippen LogP contribution in [0, 0.1) is 0 Å². The number of carbonyl (C=O) groups excluding carboxylic acids is 2. The molecule has 2 N–H and O–H groups in total. The van der Waals surface area contributed by atoms with Crippen molar-refractivity contribution in [3.05, 3.63) is 30.6 Å². The first kappa shape index (κ1) is 16.1. The summed E-state index contributed by atoms with van der Waals surface area (Å²) in [5.74, 6) is -0.0427. The molecule has 3 unspecified atom stereocenters. The van der Waals surface area contributed by atoms with Crippen molar-refractivity contribution in [2.45, 2.75) is 50.4 Å². The number of hydrogen-bond acceptors (Lipinski definition) is 4. The maximum Gasteiger partial charge on any atom is 0.240 e. The molecular formula is C18H22N4O3. The standard InChI is InChI=1S/C18H22N4O3/c23-16-8-7-13(18(21-16)15-6-3-9-25-15)20-17(24)10-22-11-19-12-4-1-2-5-14(12)22/h1-2,4-5,11,13,15,18H,3,6-10H2,(H,20,24)(H,21,23). The molecule has 1 aromatic carbocycles. The van der Waals surface area contributed by atoms with Crippen molar-refractivity contribution < 1.29 is 14.3 Å². The van der Waals surface area contributed by atoms with Crippen molar-refractivity contribution in [1.82, 2.24) is 20.2 Å². The molecule has 0 bridgehead atoms. The maximum absolute atomic E-state index is 12.6. The predicted molar refractivity (Wildman–Crippen MR) is 91.8 cm³/mol. The van der Waals surface area contributed by atoms with Crippen LogP contribution in [0.2, 0.25) is 0 Å². The van der Waals surface area contributed by atoms with Gasteiger partial charge in [-0.05, 0) is 31.4 Å². The van der Waals surface area contributed by atoms with E-state index in [-0.39, 0.29) is 36.5 Å². The van der Waals surface area contributed by atoms with Crippen LogP contribution in [0.4, 0.5) is 0 Å². The molecule has 0 aliphatic carbocycles. The average Bonchev–Trinajstić information content (AvgIpc) is 3.27. The number of aromatic nitrogens is 2. The van der Waals surface area contributed by atoms with Crippen LogP contribution in [0.5, 0.6) is 0 Å². The molecule has 2 fully saturated rings. The van der Waals surface area contributed by atoms with E-state index in [9.17, 15) is 9.59 Å². The van der Waals surface area contributed by atoms with Gasteiger partial charge in [0.1, 0.15) is 6.54 Å². The van der Waals surface area contributed by atoms with Crippen LogP contribution in [0.3, 0.4) is 0 Å². The minimum atomic E-state index is -0.146. The number of fused-ring (bicyclic) bond motifs is 1. The normalized spacial score (nSPS) is 26.6. The van der Waals surface area contributed by atoms with Crippen LogP contribution in [-0.2, 0) is 20.9 Å². The highest BCUT2D eigenvalue weighted by Crippen LogP contribution is 2.22. The van der Waals surface area contributed by atoms with Gasteiger partial charge in [-0.3, -0.25) is 9.59 Å². The number of para-hydroxylation sites is 2. The minimum Gasteiger partial charge on any atom is -0.376 e. The smallest absolute Gasteiger partial charge is 0.240 e. The van der Waals surface area contributed by atoms with E-state index in [1.54, 1.807) is 6.33 Å². The SMILES string of the molecule is O=C(Cn1cnc2ccccc21)NC1CCC(=O)NC1C1CCCO1. The first-order valence-corrected chi connectivity index (χ1v) is 8.81. The first-order valence-electron chi connectivity index (χ1n) is 8.81. The molecule has 2 aliphatic rings. The molecule has 7 nitrogen and oxygen atoms in total. The Morgan fingerprint density at radius 3 is 3.08 bits per heavy atom. The van der Waals surface area contributed by atoms with E-state index in [0.717, 1.165) is 30.5 Å². The number of nitrogens with zero attached hydrogens (tertiary/aromatic N) is 2. The largest absolute Gasteiger partial charge is 0.376 e. The molecular weight excluding hydrogens is 320 g/mol. The summed E-state index contributed by atoms with van der Waals surface area (Å²) in [5.41, 5.74) is 1.81. The molecule has 3 heterocycles. The molecule has 25 heavy (non-hydrogen) atoms. The fraction of sp³-hybridized carbons (Fsp3) is 0.500. The highest BCUT2D eigenvalue weighted by molar-refractivity contribution is 5.81. The number of hydrogen-bond donors (Lipinski definition) is 2. The zero-order valence-electron chi connectivity index (χ0n) is 14.0. The van der Waals surface area contributed by atoms with Crippen LogP contribution in [-0.4, -0.2) is 46.2 Å². The van der Waals surface area contributed by atoms with E-state index in [1.165, 1.54) is 0 Å². The van der Waals surface area contributed by atoms with Crippen LogP contribution < -0.4 is 10.6 Å². The summed E-state index contributed by atoms with van der Waals surface area (Å²) in [7, 11) is 0. The molecule has 0 saturated carbocycles. The van der Waals surface area contributed by atoms with Crippen molar-refractivity contribution in [3.63, 3.8) is 0 Å². The second kappa shape index (κ2) is 6.84. The van der Waals surface area contributed by atoms with Gasteiger partial charge in [0.05, 0.1) is 35.5 Å². The molecule has 2 saturated heterocycles. The number of carbonyl (C=O) groups is 2. The van der Waals surface area contributed by atoms with E-state index in [2.05, 4.69) is 15.6 Å². The van der Waals surface area contributed by atoms with Crippen LogP contribution in [0.1, 0.15) is 25.7 Å². The van der Waals surface area contributed by atoms with Gasteiger partial charge in [-0.2, -0.15) is 0 Å². The Morgan fingerprint density at radius 2 is 2.24 bits per heavy atom. The van der Waals surface area contributed by atoms with E-state index in [1.807, 2.05) is 28.8 Å². The number of rotatable bonds is 4. The maximum atomic E-state index is 12.6. The summed E-state index contributed by atoms with van der Waals surface area (Å²) in [4.78, 5) is 28.6. The van der Waals surface area contributed by atoms with Gasteiger partial charge in [-0.25, -0.2) is 4.98 Å². The van der Waals surface area contributed by atoms with E-state index in [4.69, 9.17) is 4.74 Å². The molecule has 4 rings (SSSR count). The van der Waals surface area contributed by atoms with E-state index >= 15 is 0 Å². The fourth-order valence-electron chi connectivity index (χ4n) is 3.77. The molecule has 7 heteroatoms. The van der Waals surface area contributed by atoms with Gasteiger partial charge in [-0.15, -0.1) is 0 Å². The second-order valence-corrected chi connectivity index (χ2v) is 6.72. The van der Waals surface area contributed by atoms with Gasteiger partial charge in [-0.1, -0.05) is 12.1 Å². The van der Waals surface area contributed by atoms with Crippen molar-refractivity contribution in [2.24, 2.45) is 0 Å². The quantitative estimate of drug-likeness (QED) is 0.867. The molecule has 1 aromatic heterocycles. The lowest BCUT2D eigenvalue weighted by Gasteiger charge is -2.36. The first-order chi connectivity index (χ1) is 12.2. The third kappa shape index (κ3) is 3.37. The number of amides is 2. The number of ether oxygens (including phenoxy) is 1. The third-order valence-corrected chi connectivity index (χ3v) is 5.00. The minimum absolute atomic E-state index is 0.0105. The molecule has 0 radical (unpaired) electrons. The van der Waals surface area contributed by atoms with Gasteiger partial charge >= 0.3 is 0 Å². The molecule has 2 amide bonds. The summed E-state index contributed by atoms with van der Waals surface area (Å²) in [6, 6.07) is 7.49. The Balaban J connectivity index is 1.44. The highest BCUT2D eigenvalue weighted by atomic mass is 16.5. The predicted octanol–water partition coefficient (Wildman–Crippen LogP) is 0.979. The Labute approximate surface area is 145 Å². The highest BCUT2D eigenvalue weighted by Gasteiger charge is 2.37. The Kier molecular flexibility index (Phi) is 4.40. The van der Waals surface area contributed by atoms with E-state index in [0.29, 0.717) is 12.8 Å². The van der Waals surface area contributed by atoms with Gasteiger partial charge in [0, 0.05) is 13.0 Å². The van der Waals surface area contributed by atoms with Gasteiger partial charge in [0.2, 0.25) is 11.8 Å². The monoisotopic (exact) mass is 342 g/mol. The average molecular weight is 342 g/mol. The Morgan fingerprint density at radius 1 is 1.36 bits per heavy atom. The lowest BCUT2D eigenvalue weighted by Crippen LogP contribution is -2.60. The number of benzene rings is 1. The van der Waals surface area contributed by atoms with Crippen molar-refractivity contribution in [3.8, 4) is 0 Å². The Bertz CT molecular complexity index is 781. The summed E-state index contributed by atoms with van der Waals surface area (Å²) in [6.07, 6.45) is 4.67. The fourth-order valence-corrected chi connectivity index (χ4v) is 3.77. The second-order valence-electron chi connectivity index (χ2n) is 6.72. The molecule has 132 valence electrons. The Hall–Kier alpha value is -2.41. The number of nitrogens with one attached hydrogen (secondary N) is 2. The summed E-state index contributed by atoms with van der Waals surface area (Å²) in [6.45, 7) is 0.932. The zero-order chi connectivity index (χ0) is 17.2. The lowest BCUT2D eigenvalue weighted by atomic mass is 9.92. The van der Waals surface area contributed by atoms with E-state index < -0.39 is 0 Å². The topological polar surface area (TPSA) is 85.2 Å². The third-order valence-electron chi connectivity index (χ3n) is 5.00. The summed E-state index contributed by atoms with van der Waals surface area (Å²) in [5, 5.41) is 6.09. The lowest BCUT2D eigenvalue weighted by molar-refractivity contribution is -0.128. The van der Waals surface area contributed by atoms with Crippen LogP contribution >= 0.6 is 0 Å². The van der Waals surface area contributed by atoms with Gasteiger partial charge < -0.3 is 19.9 Å². The van der Waals surface area contributed by atoms with Gasteiger partial charge in [0.15, 0.2) is 0 Å². The van der Waals surface area contributed by atoms with Crippen molar-refractivity contribution in [2.75, 3.05) is 6.61 Å². The number of imidazole rings is 1. The molecule has 2 aliphatic heterocycles. The van der Waals surface area contributed by atoms with Crippen LogP contribution in [0.15, 0.2) is 30.6 Å². The molecule has 2 aromatic rings. The summed E-state index contributed by atoms with van der Waals surface area (Å²) < 4.78 is 7.58. The van der Waals surface area contributed by atoms with Crippen molar-refractivity contribution >= 4 is 22.8 Å². The zero-order valence-corrected chi connectivity index (χ0v) is 14.0. The van der Waals surface area contributed by atoms with Crippen LogP contribution in [0.25, 0.3) is 11.0 Å². The van der Waals surface area contributed by atoms with Crippen molar-refractivity contribution in [1.29, 1.82) is 0 Å². The summed E-state index contributed by atoms with van der Waals surface area (Å²) >= 11 is 0.